The number of nitrogens with two attached hydrogens (primary N) is 1. The van der Waals surface area contributed by atoms with Crippen LogP contribution in [0.2, 0.25) is 0 Å². The molecule has 1 heterocycles. The van der Waals surface area contributed by atoms with Gasteiger partial charge in [-0.15, -0.1) is 11.8 Å². The van der Waals surface area contributed by atoms with E-state index in [2.05, 4.69) is 0 Å². The molecule has 0 unspecified atom stereocenters. The van der Waals surface area contributed by atoms with E-state index >= 15 is 0 Å². The Hall–Kier alpha value is -0.220. The zero-order chi connectivity index (χ0) is 10.0. The van der Waals surface area contributed by atoms with Crippen molar-refractivity contribution in [3.63, 3.8) is 0 Å². The van der Waals surface area contributed by atoms with Gasteiger partial charge in [0.2, 0.25) is 5.91 Å². The van der Waals surface area contributed by atoms with Gasteiger partial charge in [0.15, 0.2) is 0 Å². The fourth-order valence-electron chi connectivity index (χ4n) is 2.29. The number of amides is 1. The van der Waals surface area contributed by atoms with Gasteiger partial charge in [-0.25, -0.2) is 0 Å². The highest BCUT2D eigenvalue weighted by molar-refractivity contribution is 7.99. The van der Waals surface area contributed by atoms with Crippen molar-refractivity contribution in [2.75, 3.05) is 18.2 Å². The van der Waals surface area contributed by atoms with Gasteiger partial charge in [-0.1, -0.05) is 19.3 Å². The molecule has 1 saturated carbocycles. The molecule has 2 N–H and O–H groups in total. The molecule has 0 spiro atoms. The summed E-state index contributed by atoms with van der Waals surface area (Å²) >= 11 is 1.82. The highest BCUT2D eigenvalue weighted by Crippen LogP contribution is 2.29. The van der Waals surface area contributed by atoms with Crippen LogP contribution in [0, 0.1) is 0 Å². The lowest BCUT2D eigenvalue weighted by Crippen LogP contribution is -2.55. The second-order valence-corrected chi connectivity index (χ2v) is 5.40. The quantitative estimate of drug-likeness (QED) is 0.713. The third-order valence-electron chi connectivity index (χ3n) is 3.21. The maximum absolute atomic E-state index is 12.1. The number of hydrogen-bond acceptors (Lipinski definition) is 3. The second-order valence-electron chi connectivity index (χ2n) is 4.32. The third-order valence-corrected chi connectivity index (χ3v) is 4.18. The van der Waals surface area contributed by atoms with Gasteiger partial charge in [0.25, 0.3) is 0 Å². The van der Waals surface area contributed by atoms with E-state index in [4.69, 9.17) is 5.73 Å². The predicted molar refractivity (Wildman–Crippen MR) is 59.0 cm³/mol. The molecule has 2 fully saturated rings. The van der Waals surface area contributed by atoms with Crippen LogP contribution in [-0.4, -0.2) is 34.5 Å². The Labute approximate surface area is 89.4 Å². The number of thioether (sulfide) groups is 1. The molecule has 2 aliphatic rings. The number of nitrogens with zero attached hydrogens (tertiary/aromatic N) is 1. The van der Waals surface area contributed by atoms with Gasteiger partial charge in [-0.2, -0.15) is 0 Å². The summed E-state index contributed by atoms with van der Waals surface area (Å²) in [6.45, 7) is 0.891. The molecular formula is C10H18N2OS. The van der Waals surface area contributed by atoms with Crippen LogP contribution in [0.1, 0.15) is 32.1 Å². The first kappa shape index (κ1) is 10.3. The second kappa shape index (κ2) is 4.11. The number of hydrogen-bond donors (Lipinski definition) is 1. The summed E-state index contributed by atoms with van der Waals surface area (Å²) in [5, 5.41) is 0. The summed E-state index contributed by atoms with van der Waals surface area (Å²) in [7, 11) is 0. The van der Waals surface area contributed by atoms with Crippen molar-refractivity contribution in [2.24, 2.45) is 5.73 Å². The van der Waals surface area contributed by atoms with Gasteiger partial charge in [0, 0.05) is 12.3 Å². The van der Waals surface area contributed by atoms with E-state index in [0.717, 1.165) is 43.9 Å². The molecule has 0 atom stereocenters. The summed E-state index contributed by atoms with van der Waals surface area (Å²) in [5.74, 6) is 2.11. The van der Waals surface area contributed by atoms with Crippen LogP contribution in [0.5, 0.6) is 0 Å². The standard InChI is InChI=1S/C10H18N2OS/c11-10(4-2-1-3-5-10)9(13)12-6-7-14-8-12/h1-8,11H2. The molecule has 1 saturated heterocycles. The Morgan fingerprint density at radius 3 is 2.57 bits per heavy atom. The number of carbonyl (C=O) groups excluding carboxylic acids is 1. The molecule has 1 aliphatic carbocycles. The predicted octanol–water partition coefficient (Wildman–Crippen LogP) is 1.18. The number of carbonyl (C=O) groups is 1. The zero-order valence-corrected chi connectivity index (χ0v) is 9.31. The fourth-order valence-corrected chi connectivity index (χ4v) is 3.23. The van der Waals surface area contributed by atoms with Crippen molar-refractivity contribution in [3.05, 3.63) is 0 Å². The lowest BCUT2D eigenvalue weighted by molar-refractivity contribution is -0.136. The molecule has 4 heteroatoms. The third kappa shape index (κ3) is 1.91. The normalized spacial score (nSPS) is 26.5. The summed E-state index contributed by atoms with van der Waals surface area (Å²) in [6.07, 6.45) is 5.23. The first-order chi connectivity index (χ1) is 6.72. The molecule has 14 heavy (non-hydrogen) atoms. The molecule has 2 rings (SSSR count). The molecule has 1 aliphatic heterocycles. The van der Waals surface area contributed by atoms with Crippen LogP contribution in [0.3, 0.4) is 0 Å². The lowest BCUT2D eigenvalue weighted by Gasteiger charge is -2.34. The first-order valence-corrected chi connectivity index (χ1v) is 6.54. The maximum atomic E-state index is 12.1. The average Bonchev–Trinajstić information content (AvgIpc) is 2.70. The van der Waals surface area contributed by atoms with E-state index in [1.165, 1.54) is 6.42 Å². The Morgan fingerprint density at radius 1 is 1.29 bits per heavy atom. The fraction of sp³-hybridized carbons (Fsp3) is 0.900. The van der Waals surface area contributed by atoms with Crippen molar-refractivity contribution in [1.29, 1.82) is 0 Å². The minimum Gasteiger partial charge on any atom is -0.331 e. The van der Waals surface area contributed by atoms with Gasteiger partial charge in [-0.3, -0.25) is 4.79 Å². The molecule has 0 bridgehead atoms. The van der Waals surface area contributed by atoms with Gasteiger partial charge < -0.3 is 10.6 Å². The highest BCUT2D eigenvalue weighted by Gasteiger charge is 2.38. The molecule has 0 aromatic carbocycles. The first-order valence-electron chi connectivity index (χ1n) is 5.38. The average molecular weight is 214 g/mol. The van der Waals surface area contributed by atoms with Gasteiger partial charge in [0.05, 0.1) is 11.4 Å². The Bertz CT molecular complexity index is 220. The molecule has 0 aromatic heterocycles. The topological polar surface area (TPSA) is 46.3 Å². The largest absolute Gasteiger partial charge is 0.331 e. The maximum Gasteiger partial charge on any atom is 0.243 e. The van der Waals surface area contributed by atoms with Crippen molar-refractivity contribution in [1.82, 2.24) is 4.90 Å². The molecule has 0 radical (unpaired) electrons. The van der Waals surface area contributed by atoms with E-state index in [0.29, 0.717) is 0 Å². The smallest absolute Gasteiger partial charge is 0.243 e. The highest BCUT2D eigenvalue weighted by atomic mass is 32.2. The Morgan fingerprint density at radius 2 is 2.00 bits per heavy atom. The van der Waals surface area contributed by atoms with E-state index in [1.54, 1.807) is 0 Å². The molecule has 3 nitrogen and oxygen atoms in total. The summed E-state index contributed by atoms with van der Waals surface area (Å²) in [5.41, 5.74) is 5.66. The minimum atomic E-state index is -0.525. The monoisotopic (exact) mass is 214 g/mol. The molecule has 1 amide bonds. The lowest BCUT2D eigenvalue weighted by atomic mass is 9.81. The van der Waals surface area contributed by atoms with Crippen molar-refractivity contribution in [2.45, 2.75) is 37.6 Å². The van der Waals surface area contributed by atoms with Crippen molar-refractivity contribution in [3.8, 4) is 0 Å². The van der Waals surface area contributed by atoms with Crippen LogP contribution in [0.4, 0.5) is 0 Å². The van der Waals surface area contributed by atoms with E-state index in [1.807, 2.05) is 16.7 Å². The minimum absolute atomic E-state index is 0.196. The SMILES string of the molecule is NC1(C(=O)N2CCSC2)CCCCC1. The van der Waals surface area contributed by atoms with Crippen molar-refractivity contribution >= 4 is 17.7 Å². The molecule has 80 valence electrons. The van der Waals surface area contributed by atoms with Crippen LogP contribution < -0.4 is 5.73 Å². The van der Waals surface area contributed by atoms with Crippen LogP contribution in [0.25, 0.3) is 0 Å². The van der Waals surface area contributed by atoms with Crippen LogP contribution >= 0.6 is 11.8 Å². The van der Waals surface area contributed by atoms with Gasteiger partial charge >= 0.3 is 0 Å². The summed E-state index contributed by atoms with van der Waals surface area (Å²) in [4.78, 5) is 14.0. The number of rotatable bonds is 1. The van der Waals surface area contributed by atoms with E-state index < -0.39 is 5.54 Å². The Balaban J connectivity index is 2.00. The molecule has 0 aromatic rings. The van der Waals surface area contributed by atoms with E-state index in [-0.39, 0.29) is 5.91 Å². The van der Waals surface area contributed by atoms with Gasteiger partial charge in [0.1, 0.15) is 0 Å². The molecular weight excluding hydrogens is 196 g/mol. The zero-order valence-electron chi connectivity index (χ0n) is 8.50. The summed E-state index contributed by atoms with van der Waals surface area (Å²) < 4.78 is 0. The Kier molecular flexibility index (Phi) is 3.02. The van der Waals surface area contributed by atoms with Crippen LogP contribution in [0.15, 0.2) is 0 Å². The van der Waals surface area contributed by atoms with E-state index in [9.17, 15) is 4.79 Å². The van der Waals surface area contributed by atoms with Gasteiger partial charge in [-0.05, 0) is 12.8 Å². The van der Waals surface area contributed by atoms with Crippen molar-refractivity contribution < 1.29 is 4.79 Å². The van der Waals surface area contributed by atoms with Crippen LogP contribution in [-0.2, 0) is 4.79 Å². The summed E-state index contributed by atoms with van der Waals surface area (Å²) in [6, 6.07) is 0.